The number of ether oxygens (including phenoxy) is 2. The maximum Gasteiger partial charge on any atom is 0.253 e. The molecule has 0 heterocycles. The molecule has 1 N–H and O–H groups in total. The monoisotopic (exact) mass is 381 g/mol. The minimum absolute atomic E-state index is 0.235. The lowest BCUT2D eigenvalue weighted by Gasteiger charge is -2.18. The molecule has 0 fully saturated rings. The van der Waals surface area contributed by atoms with Crippen molar-refractivity contribution in [3.8, 4) is 11.5 Å². The zero-order valence-electron chi connectivity index (χ0n) is 13.0. The predicted molar refractivity (Wildman–Crippen MR) is 89.5 cm³/mol. The summed E-state index contributed by atoms with van der Waals surface area (Å²) in [4.78, 5) is 12.4. The lowest BCUT2D eigenvalue weighted by atomic mass is 10.1. The molecular weight excluding hydrogens is 365 g/mol. The fourth-order valence-electron chi connectivity index (χ4n) is 2.20. The van der Waals surface area contributed by atoms with Crippen LogP contribution in [0.5, 0.6) is 11.5 Å². The van der Waals surface area contributed by atoms with Gasteiger partial charge in [0.1, 0.15) is 17.3 Å². The summed E-state index contributed by atoms with van der Waals surface area (Å²) in [5.74, 6) is 0.449. The van der Waals surface area contributed by atoms with Crippen LogP contribution in [0.4, 0.5) is 4.39 Å². The quantitative estimate of drug-likeness (QED) is 0.847. The van der Waals surface area contributed by atoms with Crippen LogP contribution < -0.4 is 14.8 Å². The Hall–Kier alpha value is -2.08. The SMILES string of the molecule is COc1ccc(OC)c(C(C)NC(=O)c2cc(F)ccc2Br)c1. The number of benzene rings is 2. The van der Waals surface area contributed by atoms with E-state index in [1.54, 1.807) is 32.4 Å². The van der Waals surface area contributed by atoms with Gasteiger partial charge in [-0.15, -0.1) is 0 Å². The highest BCUT2D eigenvalue weighted by Crippen LogP contribution is 2.29. The number of carbonyl (C=O) groups is 1. The summed E-state index contributed by atoms with van der Waals surface area (Å²) in [5, 5.41) is 2.84. The molecule has 1 amide bonds. The molecule has 0 bridgehead atoms. The number of rotatable bonds is 5. The molecule has 2 rings (SSSR count). The number of carbonyl (C=O) groups excluding carboxylic acids is 1. The van der Waals surface area contributed by atoms with Crippen molar-refractivity contribution in [2.75, 3.05) is 14.2 Å². The Balaban J connectivity index is 2.26. The highest BCUT2D eigenvalue weighted by Gasteiger charge is 2.18. The van der Waals surface area contributed by atoms with Crippen molar-refractivity contribution in [2.24, 2.45) is 0 Å². The smallest absolute Gasteiger partial charge is 0.253 e. The van der Waals surface area contributed by atoms with Gasteiger partial charge in [-0.2, -0.15) is 0 Å². The van der Waals surface area contributed by atoms with Crippen LogP contribution in [-0.2, 0) is 0 Å². The van der Waals surface area contributed by atoms with Crippen molar-refractivity contribution in [1.82, 2.24) is 5.32 Å². The Bertz CT molecular complexity index is 721. The number of hydrogen-bond acceptors (Lipinski definition) is 3. The number of amides is 1. The minimum Gasteiger partial charge on any atom is -0.497 e. The predicted octanol–water partition coefficient (Wildman–Crippen LogP) is 4.10. The molecule has 2 aromatic carbocycles. The summed E-state index contributed by atoms with van der Waals surface area (Å²) in [6, 6.07) is 8.98. The summed E-state index contributed by atoms with van der Waals surface area (Å²) in [7, 11) is 3.13. The van der Waals surface area contributed by atoms with Gasteiger partial charge in [-0.3, -0.25) is 4.79 Å². The van der Waals surface area contributed by atoms with Crippen LogP contribution >= 0.6 is 15.9 Å². The molecule has 0 aromatic heterocycles. The average Bonchev–Trinajstić information content (AvgIpc) is 2.56. The average molecular weight is 382 g/mol. The molecule has 0 aliphatic heterocycles. The Morgan fingerprint density at radius 3 is 2.57 bits per heavy atom. The first-order valence-corrected chi connectivity index (χ1v) is 7.73. The van der Waals surface area contributed by atoms with Gasteiger partial charge < -0.3 is 14.8 Å². The van der Waals surface area contributed by atoms with Crippen molar-refractivity contribution >= 4 is 21.8 Å². The first kappa shape index (κ1) is 17.3. The molecule has 0 radical (unpaired) electrons. The minimum atomic E-state index is -0.468. The van der Waals surface area contributed by atoms with Gasteiger partial charge in [0.15, 0.2) is 0 Å². The van der Waals surface area contributed by atoms with Crippen molar-refractivity contribution < 1.29 is 18.7 Å². The van der Waals surface area contributed by atoms with E-state index in [0.717, 1.165) is 5.56 Å². The van der Waals surface area contributed by atoms with Crippen LogP contribution in [0, 0.1) is 5.82 Å². The van der Waals surface area contributed by atoms with E-state index in [0.29, 0.717) is 16.0 Å². The van der Waals surface area contributed by atoms with Crippen LogP contribution in [-0.4, -0.2) is 20.1 Å². The molecule has 6 heteroatoms. The van der Waals surface area contributed by atoms with E-state index in [4.69, 9.17) is 9.47 Å². The first-order valence-electron chi connectivity index (χ1n) is 6.94. The fourth-order valence-corrected chi connectivity index (χ4v) is 2.63. The van der Waals surface area contributed by atoms with E-state index in [2.05, 4.69) is 21.2 Å². The molecular formula is C17H17BrFNO3. The molecule has 4 nitrogen and oxygen atoms in total. The molecule has 0 spiro atoms. The van der Waals surface area contributed by atoms with Gasteiger partial charge in [-0.25, -0.2) is 4.39 Å². The number of hydrogen-bond donors (Lipinski definition) is 1. The van der Waals surface area contributed by atoms with Gasteiger partial charge in [-0.1, -0.05) is 0 Å². The van der Waals surface area contributed by atoms with E-state index in [-0.39, 0.29) is 17.5 Å². The largest absolute Gasteiger partial charge is 0.497 e. The zero-order valence-corrected chi connectivity index (χ0v) is 14.6. The molecule has 122 valence electrons. The molecule has 1 unspecified atom stereocenters. The van der Waals surface area contributed by atoms with Gasteiger partial charge in [0.2, 0.25) is 0 Å². The van der Waals surface area contributed by atoms with Crippen LogP contribution in [0.25, 0.3) is 0 Å². The lowest BCUT2D eigenvalue weighted by molar-refractivity contribution is 0.0938. The second-order valence-electron chi connectivity index (χ2n) is 4.93. The second-order valence-corrected chi connectivity index (χ2v) is 5.78. The maximum atomic E-state index is 13.3. The Labute approximate surface area is 142 Å². The molecule has 1 atom stereocenters. The third-order valence-corrected chi connectivity index (χ3v) is 4.12. The normalized spacial score (nSPS) is 11.7. The second kappa shape index (κ2) is 7.46. The van der Waals surface area contributed by atoms with E-state index >= 15 is 0 Å². The highest BCUT2D eigenvalue weighted by atomic mass is 79.9. The van der Waals surface area contributed by atoms with E-state index in [1.165, 1.54) is 18.2 Å². The number of halogens is 2. The van der Waals surface area contributed by atoms with Crippen molar-refractivity contribution in [3.05, 3.63) is 57.8 Å². The Morgan fingerprint density at radius 1 is 1.17 bits per heavy atom. The third-order valence-electron chi connectivity index (χ3n) is 3.42. The maximum absolute atomic E-state index is 13.3. The molecule has 23 heavy (non-hydrogen) atoms. The van der Waals surface area contributed by atoms with E-state index in [9.17, 15) is 9.18 Å². The third kappa shape index (κ3) is 4.01. The van der Waals surface area contributed by atoms with Crippen molar-refractivity contribution in [2.45, 2.75) is 13.0 Å². The summed E-state index contributed by atoms with van der Waals surface area (Å²) in [5.41, 5.74) is 1.01. The van der Waals surface area contributed by atoms with Gasteiger partial charge in [0.05, 0.1) is 25.8 Å². The Morgan fingerprint density at radius 2 is 1.91 bits per heavy atom. The number of nitrogens with one attached hydrogen (secondary N) is 1. The lowest BCUT2D eigenvalue weighted by Crippen LogP contribution is -2.27. The van der Waals surface area contributed by atoms with Crippen LogP contribution in [0.15, 0.2) is 40.9 Å². The van der Waals surface area contributed by atoms with Crippen LogP contribution in [0.2, 0.25) is 0 Å². The molecule has 0 aliphatic carbocycles. The van der Waals surface area contributed by atoms with E-state index < -0.39 is 5.82 Å². The molecule has 0 aliphatic rings. The summed E-state index contributed by atoms with van der Waals surface area (Å²) >= 11 is 3.26. The van der Waals surface area contributed by atoms with Gasteiger partial charge >= 0.3 is 0 Å². The Kier molecular flexibility index (Phi) is 5.60. The molecule has 0 saturated heterocycles. The summed E-state index contributed by atoms with van der Waals surface area (Å²) in [6.07, 6.45) is 0. The number of methoxy groups -OCH3 is 2. The van der Waals surface area contributed by atoms with Crippen molar-refractivity contribution in [3.63, 3.8) is 0 Å². The topological polar surface area (TPSA) is 47.6 Å². The van der Waals surface area contributed by atoms with Crippen LogP contribution in [0.1, 0.15) is 28.9 Å². The summed E-state index contributed by atoms with van der Waals surface area (Å²) < 4.78 is 24.4. The fraction of sp³-hybridized carbons (Fsp3) is 0.235. The van der Waals surface area contributed by atoms with Gasteiger partial charge in [0, 0.05) is 10.0 Å². The molecule has 0 saturated carbocycles. The van der Waals surface area contributed by atoms with Gasteiger partial charge in [-0.05, 0) is 59.3 Å². The standard InChI is InChI=1S/C17H17BrFNO3/c1-10(13-9-12(22-2)5-7-16(13)23-3)20-17(21)14-8-11(19)4-6-15(14)18/h4-10H,1-3H3,(H,20,21). The molecule has 2 aromatic rings. The van der Waals surface area contributed by atoms with Gasteiger partial charge in [0.25, 0.3) is 5.91 Å². The first-order chi connectivity index (χ1) is 11.0. The van der Waals surface area contributed by atoms with Crippen molar-refractivity contribution in [1.29, 1.82) is 0 Å². The van der Waals surface area contributed by atoms with E-state index in [1.807, 2.05) is 6.92 Å². The summed E-state index contributed by atoms with van der Waals surface area (Å²) in [6.45, 7) is 1.82. The highest BCUT2D eigenvalue weighted by molar-refractivity contribution is 9.10. The van der Waals surface area contributed by atoms with Crippen LogP contribution in [0.3, 0.4) is 0 Å². The zero-order chi connectivity index (χ0) is 17.0.